The summed E-state index contributed by atoms with van der Waals surface area (Å²) in [6.07, 6.45) is 3.30. The minimum Gasteiger partial charge on any atom is -0.312 e. The number of nitrogens with one attached hydrogen (secondary N) is 1. The first-order chi connectivity index (χ1) is 8.26. The first-order valence-electron chi connectivity index (χ1n) is 6.12. The van der Waals surface area contributed by atoms with Gasteiger partial charge in [0.15, 0.2) is 0 Å². The fraction of sp³-hybridized carbons (Fsp3) is 0.750. The van der Waals surface area contributed by atoms with Crippen LogP contribution in [0.25, 0.3) is 0 Å². The van der Waals surface area contributed by atoms with Gasteiger partial charge in [-0.3, -0.25) is 0 Å². The zero-order valence-electron chi connectivity index (χ0n) is 10.6. The Labute approximate surface area is 116 Å². The van der Waals surface area contributed by atoms with Gasteiger partial charge in [-0.25, -0.2) is 4.98 Å². The quantitative estimate of drug-likeness (QED) is 0.913. The van der Waals surface area contributed by atoms with E-state index in [2.05, 4.69) is 47.7 Å². The molecule has 2 heterocycles. The van der Waals surface area contributed by atoms with Crippen molar-refractivity contribution in [3.8, 4) is 0 Å². The molecule has 0 aromatic carbocycles. The number of hydrogen-bond acceptors (Lipinski definition) is 5. The van der Waals surface area contributed by atoms with Crippen LogP contribution >= 0.6 is 34.9 Å². The summed E-state index contributed by atoms with van der Waals surface area (Å²) in [6, 6.07) is 0.419. The lowest BCUT2D eigenvalue weighted by atomic mass is 10.2. The number of nitrogens with zero attached hydrogens (tertiary/aromatic N) is 1. The summed E-state index contributed by atoms with van der Waals surface area (Å²) in [4.78, 5) is 6.01. The van der Waals surface area contributed by atoms with E-state index < -0.39 is 0 Å². The first kappa shape index (κ1) is 13.7. The Kier molecular flexibility index (Phi) is 5.21. The molecule has 1 aliphatic heterocycles. The summed E-state index contributed by atoms with van der Waals surface area (Å²) in [7, 11) is 2.00. The number of thiazole rings is 1. The third-order valence-corrected chi connectivity index (χ3v) is 7.76. The lowest BCUT2D eigenvalue weighted by Crippen LogP contribution is -2.18. The lowest BCUT2D eigenvalue weighted by Gasteiger charge is -2.28. The molecular formula is C12H20N2S3. The normalized spacial score (nSPS) is 27.0. The summed E-state index contributed by atoms with van der Waals surface area (Å²) in [5.41, 5.74) is 0. The number of thioether (sulfide) groups is 2. The van der Waals surface area contributed by atoms with Gasteiger partial charge in [-0.15, -0.1) is 23.1 Å². The van der Waals surface area contributed by atoms with Crippen molar-refractivity contribution < 1.29 is 0 Å². The van der Waals surface area contributed by atoms with E-state index in [-0.39, 0.29) is 0 Å². The standard InChI is InChI=1S/C12H20N2S3/c1-4-9-11(16-6-5-15-9)12-14-7-10(17-12)8(2)13-3/h7-9,11,13H,4-6H2,1-3H3. The monoisotopic (exact) mass is 288 g/mol. The molecule has 1 saturated heterocycles. The van der Waals surface area contributed by atoms with Crippen LogP contribution in [0.15, 0.2) is 6.20 Å². The molecule has 1 N–H and O–H groups in total. The van der Waals surface area contributed by atoms with Gasteiger partial charge in [0.2, 0.25) is 0 Å². The van der Waals surface area contributed by atoms with Crippen LogP contribution < -0.4 is 5.32 Å². The molecule has 96 valence electrons. The fourth-order valence-corrected chi connectivity index (χ4v) is 6.32. The van der Waals surface area contributed by atoms with Crippen molar-refractivity contribution in [2.24, 2.45) is 0 Å². The van der Waals surface area contributed by atoms with E-state index in [9.17, 15) is 0 Å². The summed E-state index contributed by atoms with van der Waals surface area (Å²) < 4.78 is 0. The zero-order valence-corrected chi connectivity index (χ0v) is 13.1. The first-order valence-corrected chi connectivity index (χ1v) is 9.03. The number of aromatic nitrogens is 1. The van der Waals surface area contributed by atoms with Gasteiger partial charge >= 0.3 is 0 Å². The van der Waals surface area contributed by atoms with Crippen molar-refractivity contribution in [3.63, 3.8) is 0 Å². The molecule has 1 aliphatic rings. The highest BCUT2D eigenvalue weighted by molar-refractivity contribution is 8.06. The minimum absolute atomic E-state index is 0.419. The van der Waals surface area contributed by atoms with Gasteiger partial charge in [0.05, 0.1) is 5.25 Å². The number of hydrogen-bond donors (Lipinski definition) is 1. The second kappa shape index (κ2) is 6.45. The summed E-state index contributed by atoms with van der Waals surface area (Å²) in [5, 5.41) is 5.97. The molecule has 0 amide bonds. The third-order valence-electron chi connectivity index (χ3n) is 3.10. The Bertz CT molecular complexity index is 353. The van der Waals surface area contributed by atoms with Crippen LogP contribution in [0.2, 0.25) is 0 Å². The average Bonchev–Trinajstić information content (AvgIpc) is 2.87. The number of rotatable bonds is 4. The van der Waals surface area contributed by atoms with Crippen LogP contribution in [0.4, 0.5) is 0 Å². The zero-order chi connectivity index (χ0) is 12.3. The van der Waals surface area contributed by atoms with E-state index in [1.54, 1.807) is 0 Å². The Morgan fingerprint density at radius 3 is 2.94 bits per heavy atom. The second-order valence-electron chi connectivity index (χ2n) is 4.22. The van der Waals surface area contributed by atoms with Gasteiger partial charge < -0.3 is 5.32 Å². The molecule has 2 nitrogen and oxygen atoms in total. The van der Waals surface area contributed by atoms with E-state index >= 15 is 0 Å². The second-order valence-corrected chi connectivity index (χ2v) is 7.91. The van der Waals surface area contributed by atoms with Crippen LogP contribution in [0.3, 0.4) is 0 Å². The molecule has 3 unspecified atom stereocenters. The highest BCUT2D eigenvalue weighted by atomic mass is 32.2. The maximum atomic E-state index is 4.65. The van der Waals surface area contributed by atoms with Gasteiger partial charge in [-0.2, -0.15) is 11.8 Å². The van der Waals surface area contributed by atoms with Crippen molar-refractivity contribution in [1.29, 1.82) is 0 Å². The van der Waals surface area contributed by atoms with E-state index in [0.29, 0.717) is 11.3 Å². The van der Waals surface area contributed by atoms with Crippen LogP contribution in [0, 0.1) is 0 Å². The molecule has 3 atom stereocenters. The highest BCUT2D eigenvalue weighted by Crippen LogP contribution is 2.45. The fourth-order valence-electron chi connectivity index (χ4n) is 1.91. The molecule has 0 spiro atoms. The van der Waals surface area contributed by atoms with Crippen molar-refractivity contribution in [2.45, 2.75) is 36.8 Å². The van der Waals surface area contributed by atoms with Crippen molar-refractivity contribution in [2.75, 3.05) is 18.6 Å². The van der Waals surface area contributed by atoms with E-state index in [4.69, 9.17) is 0 Å². The summed E-state index contributed by atoms with van der Waals surface area (Å²) in [6.45, 7) is 4.48. The molecule has 2 rings (SSSR count). The average molecular weight is 289 g/mol. The molecule has 1 aromatic rings. The molecule has 5 heteroatoms. The molecule has 1 fully saturated rings. The van der Waals surface area contributed by atoms with Gasteiger partial charge in [-0.1, -0.05) is 6.92 Å². The molecule has 0 aliphatic carbocycles. The smallest absolute Gasteiger partial charge is 0.107 e. The summed E-state index contributed by atoms with van der Waals surface area (Å²) >= 11 is 6.09. The van der Waals surface area contributed by atoms with Crippen LogP contribution in [-0.2, 0) is 0 Å². The van der Waals surface area contributed by atoms with Crippen molar-refractivity contribution in [1.82, 2.24) is 10.3 Å². The lowest BCUT2D eigenvalue weighted by molar-refractivity contribution is 0.662. The molecule has 1 aromatic heterocycles. The van der Waals surface area contributed by atoms with Crippen molar-refractivity contribution >= 4 is 34.9 Å². The third kappa shape index (κ3) is 3.19. The molecular weight excluding hydrogens is 268 g/mol. The van der Waals surface area contributed by atoms with Crippen LogP contribution in [0.1, 0.15) is 41.4 Å². The predicted molar refractivity (Wildman–Crippen MR) is 81.3 cm³/mol. The largest absolute Gasteiger partial charge is 0.312 e. The van der Waals surface area contributed by atoms with E-state index in [1.807, 2.05) is 24.6 Å². The SMILES string of the molecule is CCC1SCCSC1c1ncc(C(C)NC)s1. The van der Waals surface area contributed by atoms with Gasteiger partial charge in [0.25, 0.3) is 0 Å². The minimum atomic E-state index is 0.419. The summed E-state index contributed by atoms with van der Waals surface area (Å²) in [5.74, 6) is 2.56. The molecule has 0 radical (unpaired) electrons. The van der Waals surface area contributed by atoms with Crippen LogP contribution in [0.5, 0.6) is 0 Å². The van der Waals surface area contributed by atoms with Gasteiger partial charge in [0, 0.05) is 33.9 Å². The highest BCUT2D eigenvalue weighted by Gasteiger charge is 2.29. The van der Waals surface area contributed by atoms with Gasteiger partial charge in [-0.05, 0) is 20.4 Å². The topological polar surface area (TPSA) is 24.9 Å². The Morgan fingerprint density at radius 1 is 1.47 bits per heavy atom. The molecule has 0 bridgehead atoms. The Morgan fingerprint density at radius 2 is 2.24 bits per heavy atom. The van der Waals surface area contributed by atoms with Gasteiger partial charge in [0.1, 0.15) is 5.01 Å². The van der Waals surface area contributed by atoms with E-state index in [1.165, 1.54) is 27.8 Å². The maximum absolute atomic E-state index is 4.65. The molecule has 0 saturated carbocycles. The Balaban J connectivity index is 2.12. The van der Waals surface area contributed by atoms with Crippen LogP contribution in [-0.4, -0.2) is 28.8 Å². The maximum Gasteiger partial charge on any atom is 0.107 e. The Hall–Kier alpha value is 0.290. The van der Waals surface area contributed by atoms with Crippen molar-refractivity contribution in [3.05, 3.63) is 16.1 Å². The predicted octanol–water partition coefficient (Wildman–Crippen LogP) is 3.72. The van der Waals surface area contributed by atoms with E-state index in [0.717, 1.165) is 5.25 Å². The molecule has 17 heavy (non-hydrogen) atoms.